The van der Waals surface area contributed by atoms with Crippen molar-refractivity contribution in [3.8, 4) is 0 Å². The van der Waals surface area contributed by atoms with Gasteiger partial charge in [0, 0.05) is 5.39 Å². The number of carbonyl (C=O) groups excluding carboxylic acids is 1. The Balaban J connectivity index is 1.53. The number of rotatable bonds is 4. The molecule has 1 heterocycles. The molecule has 4 aromatic rings. The second kappa shape index (κ2) is 7.80. The molecular formula is C24H24N4O. The number of nitrogens with one attached hydrogen (secondary N) is 2. The van der Waals surface area contributed by atoms with Gasteiger partial charge in [-0.1, -0.05) is 66.2 Å². The van der Waals surface area contributed by atoms with Crippen LogP contribution < -0.4 is 10.6 Å². The van der Waals surface area contributed by atoms with Crippen LogP contribution in [0.2, 0.25) is 0 Å². The molecule has 29 heavy (non-hydrogen) atoms. The Morgan fingerprint density at radius 3 is 2.52 bits per heavy atom. The van der Waals surface area contributed by atoms with Crippen LogP contribution in [0.4, 0.5) is 16.2 Å². The molecule has 5 heteroatoms. The quantitative estimate of drug-likeness (QED) is 0.477. The van der Waals surface area contributed by atoms with Crippen LogP contribution >= 0.6 is 0 Å². The second-order valence-electron chi connectivity index (χ2n) is 7.30. The molecule has 0 aliphatic rings. The molecule has 0 unspecified atom stereocenters. The maximum Gasteiger partial charge on any atom is 0.323 e. The van der Waals surface area contributed by atoms with Crippen molar-refractivity contribution in [2.24, 2.45) is 0 Å². The zero-order valence-corrected chi connectivity index (χ0v) is 16.9. The summed E-state index contributed by atoms with van der Waals surface area (Å²) < 4.78 is 1.93. The lowest BCUT2D eigenvalue weighted by Gasteiger charge is -2.11. The van der Waals surface area contributed by atoms with Crippen molar-refractivity contribution in [3.05, 3.63) is 89.2 Å². The summed E-state index contributed by atoms with van der Waals surface area (Å²) in [5.41, 5.74) is 5.65. The van der Waals surface area contributed by atoms with E-state index < -0.39 is 0 Å². The molecule has 0 fully saturated rings. The summed E-state index contributed by atoms with van der Waals surface area (Å²) in [7, 11) is 0. The summed E-state index contributed by atoms with van der Waals surface area (Å²) >= 11 is 0. The van der Waals surface area contributed by atoms with Crippen molar-refractivity contribution in [3.63, 3.8) is 0 Å². The van der Waals surface area contributed by atoms with E-state index in [0.29, 0.717) is 6.54 Å². The van der Waals surface area contributed by atoms with Crippen LogP contribution in [-0.4, -0.2) is 15.8 Å². The lowest BCUT2D eigenvalue weighted by molar-refractivity contribution is 0.262. The van der Waals surface area contributed by atoms with E-state index in [1.165, 1.54) is 11.1 Å². The molecular weight excluding hydrogens is 360 g/mol. The molecule has 0 saturated carbocycles. The van der Waals surface area contributed by atoms with E-state index in [9.17, 15) is 4.79 Å². The predicted molar refractivity (Wildman–Crippen MR) is 119 cm³/mol. The molecule has 1 aromatic heterocycles. The summed E-state index contributed by atoms with van der Waals surface area (Å²) in [5.74, 6) is 0. The Hall–Kier alpha value is -3.60. The van der Waals surface area contributed by atoms with E-state index in [4.69, 9.17) is 0 Å². The number of aryl methyl sites for hydroxylation is 2. The van der Waals surface area contributed by atoms with Gasteiger partial charge in [-0.15, -0.1) is 0 Å². The Labute approximate surface area is 170 Å². The number of fused-ring (bicyclic) bond motifs is 1. The Bertz CT molecular complexity index is 1190. The van der Waals surface area contributed by atoms with Gasteiger partial charge in [0.05, 0.1) is 29.3 Å². The van der Waals surface area contributed by atoms with Gasteiger partial charge in [-0.2, -0.15) is 5.10 Å². The number of anilines is 2. The molecule has 0 aliphatic heterocycles. The number of urea groups is 1. The van der Waals surface area contributed by atoms with E-state index in [1.54, 1.807) is 0 Å². The van der Waals surface area contributed by atoms with Gasteiger partial charge in [-0.05, 0) is 37.8 Å². The van der Waals surface area contributed by atoms with Gasteiger partial charge in [0.15, 0.2) is 0 Å². The molecule has 0 atom stereocenters. The van der Waals surface area contributed by atoms with Crippen LogP contribution in [0.25, 0.3) is 10.8 Å². The van der Waals surface area contributed by atoms with E-state index in [-0.39, 0.29) is 6.03 Å². The molecule has 5 nitrogen and oxygen atoms in total. The van der Waals surface area contributed by atoms with Gasteiger partial charge in [0.2, 0.25) is 0 Å². The summed E-state index contributed by atoms with van der Waals surface area (Å²) in [6.07, 6.45) is 0. The number of amides is 2. The first kappa shape index (κ1) is 18.7. The Morgan fingerprint density at radius 2 is 1.69 bits per heavy atom. The summed E-state index contributed by atoms with van der Waals surface area (Å²) in [4.78, 5) is 12.7. The molecule has 0 bridgehead atoms. The van der Waals surface area contributed by atoms with Gasteiger partial charge in [0.1, 0.15) is 0 Å². The van der Waals surface area contributed by atoms with Crippen LogP contribution in [0.1, 0.15) is 22.5 Å². The molecule has 0 saturated heterocycles. The minimum Gasteiger partial charge on any atom is -0.307 e. The largest absolute Gasteiger partial charge is 0.323 e. The second-order valence-corrected chi connectivity index (χ2v) is 7.30. The van der Waals surface area contributed by atoms with Crippen molar-refractivity contribution in [1.29, 1.82) is 0 Å². The number of carbonyl (C=O) groups is 1. The van der Waals surface area contributed by atoms with E-state index in [0.717, 1.165) is 33.5 Å². The maximum atomic E-state index is 12.7. The third kappa shape index (κ3) is 3.99. The Morgan fingerprint density at radius 1 is 0.931 bits per heavy atom. The molecule has 3 aromatic carbocycles. The zero-order valence-electron chi connectivity index (χ0n) is 16.9. The minimum absolute atomic E-state index is 0.275. The lowest BCUT2D eigenvalue weighted by atomic mass is 10.1. The van der Waals surface area contributed by atoms with Crippen molar-refractivity contribution in [2.45, 2.75) is 27.3 Å². The molecule has 0 aliphatic carbocycles. The van der Waals surface area contributed by atoms with Crippen LogP contribution in [0.5, 0.6) is 0 Å². The average molecular weight is 384 g/mol. The van der Waals surface area contributed by atoms with Crippen LogP contribution in [0.3, 0.4) is 0 Å². The highest BCUT2D eigenvalue weighted by atomic mass is 16.2. The van der Waals surface area contributed by atoms with E-state index in [1.807, 2.05) is 67.1 Å². The smallest absolute Gasteiger partial charge is 0.307 e. The fourth-order valence-electron chi connectivity index (χ4n) is 3.62. The van der Waals surface area contributed by atoms with E-state index >= 15 is 0 Å². The highest BCUT2D eigenvalue weighted by molar-refractivity contribution is 6.06. The number of nitrogens with zero attached hydrogens (tertiary/aromatic N) is 2. The monoisotopic (exact) mass is 384 g/mol. The number of benzene rings is 3. The first-order chi connectivity index (χ1) is 14.0. The zero-order chi connectivity index (χ0) is 20.4. The van der Waals surface area contributed by atoms with E-state index in [2.05, 4.69) is 40.9 Å². The molecule has 4 rings (SSSR count). The fourth-order valence-corrected chi connectivity index (χ4v) is 3.62. The SMILES string of the molecule is Cc1cccc(Cn2nc(C)c(NC(=O)Nc3cccc4ccccc34)c2C)c1. The summed E-state index contributed by atoms with van der Waals surface area (Å²) in [5, 5.41) is 12.7. The molecule has 2 N–H and O–H groups in total. The first-order valence-corrected chi connectivity index (χ1v) is 9.66. The third-order valence-electron chi connectivity index (χ3n) is 5.07. The molecule has 0 radical (unpaired) electrons. The normalized spacial score (nSPS) is 10.9. The predicted octanol–water partition coefficient (Wildman–Crippen LogP) is 5.65. The van der Waals surface area contributed by atoms with Gasteiger partial charge in [-0.3, -0.25) is 4.68 Å². The van der Waals surface area contributed by atoms with Crippen LogP contribution in [0, 0.1) is 20.8 Å². The first-order valence-electron chi connectivity index (χ1n) is 9.66. The number of aromatic nitrogens is 2. The average Bonchev–Trinajstić information content (AvgIpc) is 2.96. The van der Waals surface area contributed by atoms with Crippen molar-refractivity contribution in [1.82, 2.24) is 9.78 Å². The topological polar surface area (TPSA) is 59.0 Å². The number of hydrogen-bond donors (Lipinski definition) is 2. The fraction of sp³-hybridized carbons (Fsp3) is 0.167. The van der Waals surface area contributed by atoms with Crippen LogP contribution in [0.15, 0.2) is 66.7 Å². The van der Waals surface area contributed by atoms with Crippen molar-refractivity contribution >= 4 is 28.2 Å². The van der Waals surface area contributed by atoms with Gasteiger partial charge in [-0.25, -0.2) is 4.79 Å². The number of hydrogen-bond acceptors (Lipinski definition) is 2. The molecule has 146 valence electrons. The van der Waals surface area contributed by atoms with Crippen molar-refractivity contribution in [2.75, 3.05) is 10.6 Å². The lowest BCUT2D eigenvalue weighted by Crippen LogP contribution is -2.20. The van der Waals surface area contributed by atoms with Gasteiger partial charge >= 0.3 is 6.03 Å². The summed E-state index contributed by atoms with van der Waals surface area (Å²) in [6.45, 7) is 6.63. The summed E-state index contributed by atoms with van der Waals surface area (Å²) in [6, 6.07) is 21.9. The van der Waals surface area contributed by atoms with Crippen LogP contribution in [-0.2, 0) is 6.54 Å². The Kier molecular flexibility index (Phi) is 5.04. The third-order valence-corrected chi connectivity index (χ3v) is 5.07. The maximum absolute atomic E-state index is 12.7. The minimum atomic E-state index is -0.275. The molecule has 0 spiro atoms. The van der Waals surface area contributed by atoms with Gasteiger partial charge < -0.3 is 10.6 Å². The molecule has 2 amide bonds. The standard InChI is InChI=1S/C24H24N4O/c1-16-8-6-9-19(14-16)15-28-18(3)23(17(2)27-28)26-24(29)25-22-13-7-11-20-10-4-5-12-21(20)22/h4-14H,15H2,1-3H3,(H2,25,26,29). The highest BCUT2D eigenvalue weighted by Gasteiger charge is 2.15. The highest BCUT2D eigenvalue weighted by Crippen LogP contribution is 2.24. The van der Waals surface area contributed by atoms with Gasteiger partial charge in [0.25, 0.3) is 0 Å². The van der Waals surface area contributed by atoms with Crippen molar-refractivity contribution < 1.29 is 4.79 Å².